The first-order valence-electron chi connectivity index (χ1n) is 8.86. The zero-order valence-corrected chi connectivity index (χ0v) is 15.0. The molecule has 2 N–H and O–H groups in total. The lowest BCUT2D eigenvalue weighted by Gasteiger charge is -2.20. The van der Waals surface area contributed by atoms with Gasteiger partial charge in [-0.2, -0.15) is 0 Å². The van der Waals surface area contributed by atoms with Gasteiger partial charge >= 0.3 is 0 Å². The van der Waals surface area contributed by atoms with Crippen LogP contribution in [0.25, 0.3) is 11.1 Å². The Kier molecular flexibility index (Phi) is 4.42. The van der Waals surface area contributed by atoms with E-state index in [4.69, 9.17) is 0 Å². The molecule has 1 aromatic heterocycles. The molecule has 0 fully saturated rings. The molecule has 0 spiro atoms. The van der Waals surface area contributed by atoms with Crippen LogP contribution >= 0.6 is 0 Å². The number of rotatable bonds is 3. The molecular formula is C22H19N3O2. The summed E-state index contributed by atoms with van der Waals surface area (Å²) in [5.41, 5.74) is 5.87. The fraction of sp³-hybridized carbons (Fsp3) is 0.136. The summed E-state index contributed by atoms with van der Waals surface area (Å²) in [4.78, 5) is 28.7. The number of pyridine rings is 1. The average Bonchev–Trinajstić information content (AvgIpc) is 2.69. The minimum Gasteiger partial charge on any atom is -0.326 e. The molecule has 0 saturated carbocycles. The van der Waals surface area contributed by atoms with Gasteiger partial charge in [-0.15, -0.1) is 0 Å². The number of benzene rings is 2. The van der Waals surface area contributed by atoms with Crippen LogP contribution in [0.5, 0.6) is 0 Å². The number of fused-ring (bicyclic) bond motifs is 1. The predicted octanol–water partition coefficient (Wildman–Crippen LogP) is 4.19. The number of hydrogen-bond donors (Lipinski definition) is 2. The summed E-state index contributed by atoms with van der Waals surface area (Å²) in [6.45, 7) is 1.93. The van der Waals surface area contributed by atoms with Crippen molar-refractivity contribution in [1.82, 2.24) is 4.98 Å². The standard InChI is InChI=1S/C22H19N3O2/c1-14-11-17(12-16-7-8-20(26)25-21(14)16)24-22(27)18-9-10-23-13-19(18)15-5-3-2-4-6-15/h2-6,9-13H,7-8H2,1H3,(H,24,27)(H,25,26). The van der Waals surface area contributed by atoms with Crippen molar-refractivity contribution in [3.8, 4) is 11.1 Å². The van der Waals surface area contributed by atoms with Crippen LogP contribution in [0.2, 0.25) is 0 Å². The molecule has 0 unspecified atom stereocenters. The normalized spacial score (nSPS) is 12.9. The highest BCUT2D eigenvalue weighted by atomic mass is 16.2. The minimum absolute atomic E-state index is 0.0340. The van der Waals surface area contributed by atoms with Crippen molar-refractivity contribution in [2.45, 2.75) is 19.8 Å². The average molecular weight is 357 g/mol. The molecule has 3 aromatic rings. The number of hydrogen-bond acceptors (Lipinski definition) is 3. The maximum atomic E-state index is 12.9. The number of nitrogens with one attached hydrogen (secondary N) is 2. The summed E-state index contributed by atoms with van der Waals surface area (Å²) < 4.78 is 0. The zero-order chi connectivity index (χ0) is 18.8. The van der Waals surface area contributed by atoms with Gasteiger partial charge in [0.2, 0.25) is 5.91 Å². The van der Waals surface area contributed by atoms with E-state index in [-0.39, 0.29) is 11.8 Å². The van der Waals surface area contributed by atoms with E-state index in [0.717, 1.165) is 33.6 Å². The number of nitrogens with zero attached hydrogens (tertiary/aromatic N) is 1. The summed E-state index contributed by atoms with van der Waals surface area (Å²) in [5.74, 6) is -0.151. The Bertz CT molecular complexity index is 1030. The monoisotopic (exact) mass is 357 g/mol. The molecule has 0 bridgehead atoms. The van der Waals surface area contributed by atoms with E-state index >= 15 is 0 Å². The van der Waals surface area contributed by atoms with Gasteiger partial charge in [-0.1, -0.05) is 30.3 Å². The largest absolute Gasteiger partial charge is 0.326 e. The Labute approximate surface area is 157 Å². The summed E-state index contributed by atoms with van der Waals surface area (Å²) in [6, 6.07) is 15.3. The van der Waals surface area contributed by atoms with Crippen LogP contribution in [0.15, 0.2) is 60.9 Å². The number of aryl methyl sites for hydroxylation is 2. The molecule has 134 valence electrons. The van der Waals surface area contributed by atoms with Crippen molar-refractivity contribution in [1.29, 1.82) is 0 Å². The molecule has 0 saturated heterocycles. The molecule has 2 amide bonds. The Hall–Kier alpha value is -3.47. The molecule has 2 heterocycles. The Morgan fingerprint density at radius 2 is 1.93 bits per heavy atom. The second-order valence-corrected chi connectivity index (χ2v) is 6.62. The van der Waals surface area contributed by atoms with Crippen LogP contribution in [-0.4, -0.2) is 16.8 Å². The molecule has 27 heavy (non-hydrogen) atoms. The van der Waals surface area contributed by atoms with E-state index in [9.17, 15) is 9.59 Å². The lowest BCUT2D eigenvalue weighted by molar-refractivity contribution is -0.116. The van der Waals surface area contributed by atoms with E-state index in [1.165, 1.54) is 0 Å². The van der Waals surface area contributed by atoms with Crippen molar-refractivity contribution in [2.24, 2.45) is 0 Å². The van der Waals surface area contributed by atoms with Gasteiger partial charge in [0.05, 0.1) is 5.56 Å². The van der Waals surface area contributed by atoms with Crippen LogP contribution in [0.4, 0.5) is 11.4 Å². The van der Waals surface area contributed by atoms with Crippen LogP contribution in [0, 0.1) is 6.92 Å². The van der Waals surface area contributed by atoms with Crippen LogP contribution < -0.4 is 10.6 Å². The molecule has 5 heteroatoms. The Balaban J connectivity index is 1.64. The molecule has 1 aliphatic heterocycles. The van der Waals surface area contributed by atoms with Gasteiger partial charge in [0.15, 0.2) is 0 Å². The second kappa shape index (κ2) is 7.03. The highest BCUT2D eigenvalue weighted by molar-refractivity contribution is 6.09. The van der Waals surface area contributed by atoms with E-state index < -0.39 is 0 Å². The SMILES string of the molecule is Cc1cc(NC(=O)c2ccncc2-c2ccccc2)cc2c1NC(=O)CC2. The topological polar surface area (TPSA) is 71.1 Å². The molecule has 0 aliphatic carbocycles. The fourth-order valence-electron chi connectivity index (χ4n) is 3.40. The Morgan fingerprint density at radius 1 is 1.11 bits per heavy atom. The van der Waals surface area contributed by atoms with E-state index in [1.54, 1.807) is 18.5 Å². The zero-order valence-electron chi connectivity index (χ0n) is 15.0. The highest BCUT2D eigenvalue weighted by Gasteiger charge is 2.19. The maximum absolute atomic E-state index is 12.9. The smallest absolute Gasteiger partial charge is 0.256 e. The molecule has 0 radical (unpaired) electrons. The first-order chi connectivity index (χ1) is 13.1. The van der Waals surface area contributed by atoms with Crippen molar-refractivity contribution >= 4 is 23.2 Å². The maximum Gasteiger partial charge on any atom is 0.256 e. The van der Waals surface area contributed by atoms with Gasteiger partial charge in [0.1, 0.15) is 0 Å². The fourth-order valence-corrected chi connectivity index (χ4v) is 3.40. The van der Waals surface area contributed by atoms with E-state index in [1.807, 2.05) is 49.4 Å². The van der Waals surface area contributed by atoms with Crippen molar-refractivity contribution in [3.63, 3.8) is 0 Å². The van der Waals surface area contributed by atoms with Gasteiger partial charge in [-0.3, -0.25) is 14.6 Å². The lowest BCUT2D eigenvalue weighted by atomic mass is 9.98. The minimum atomic E-state index is -0.185. The molecule has 5 nitrogen and oxygen atoms in total. The van der Waals surface area contributed by atoms with Crippen LogP contribution in [-0.2, 0) is 11.2 Å². The number of anilines is 2. The summed E-state index contributed by atoms with van der Waals surface area (Å²) in [7, 11) is 0. The van der Waals surface area contributed by atoms with Crippen molar-refractivity contribution in [3.05, 3.63) is 77.6 Å². The van der Waals surface area contributed by atoms with Gasteiger partial charge < -0.3 is 10.6 Å². The number of amides is 2. The third-order valence-corrected chi connectivity index (χ3v) is 4.71. The van der Waals surface area contributed by atoms with Gasteiger partial charge in [-0.05, 0) is 48.2 Å². The van der Waals surface area contributed by atoms with Crippen LogP contribution in [0.3, 0.4) is 0 Å². The highest BCUT2D eigenvalue weighted by Crippen LogP contribution is 2.30. The number of carbonyl (C=O) groups excluding carboxylic acids is 2. The molecule has 4 rings (SSSR count). The molecule has 0 atom stereocenters. The van der Waals surface area contributed by atoms with Gasteiger partial charge in [0, 0.05) is 35.8 Å². The predicted molar refractivity (Wildman–Crippen MR) is 106 cm³/mol. The number of carbonyl (C=O) groups is 2. The second-order valence-electron chi connectivity index (χ2n) is 6.62. The third-order valence-electron chi connectivity index (χ3n) is 4.71. The lowest BCUT2D eigenvalue weighted by Crippen LogP contribution is -2.20. The van der Waals surface area contributed by atoms with Gasteiger partial charge in [-0.25, -0.2) is 0 Å². The summed E-state index contributed by atoms with van der Waals surface area (Å²) in [6.07, 6.45) is 4.47. The molecular weight excluding hydrogens is 338 g/mol. The number of aromatic nitrogens is 1. The van der Waals surface area contributed by atoms with Crippen LogP contribution in [0.1, 0.15) is 27.9 Å². The van der Waals surface area contributed by atoms with E-state index in [0.29, 0.717) is 18.4 Å². The first-order valence-corrected chi connectivity index (χ1v) is 8.86. The quantitative estimate of drug-likeness (QED) is 0.738. The van der Waals surface area contributed by atoms with Gasteiger partial charge in [0.25, 0.3) is 5.91 Å². The first kappa shape index (κ1) is 17.0. The summed E-state index contributed by atoms with van der Waals surface area (Å²) in [5, 5.41) is 5.90. The van der Waals surface area contributed by atoms with Crippen molar-refractivity contribution in [2.75, 3.05) is 10.6 Å². The molecule has 2 aromatic carbocycles. The van der Waals surface area contributed by atoms with Crippen molar-refractivity contribution < 1.29 is 9.59 Å². The molecule has 1 aliphatic rings. The third kappa shape index (κ3) is 3.44. The van der Waals surface area contributed by atoms with E-state index in [2.05, 4.69) is 15.6 Å². The Morgan fingerprint density at radius 3 is 2.74 bits per heavy atom. The summed E-state index contributed by atoms with van der Waals surface area (Å²) >= 11 is 0.